The molecular formula is C26H26N6S. The van der Waals surface area contributed by atoms with Crippen molar-refractivity contribution in [1.29, 1.82) is 0 Å². The Labute approximate surface area is 199 Å². The summed E-state index contributed by atoms with van der Waals surface area (Å²) in [5, 5.41) is 4.27. The van der Waals surface area contributed by atoms with E-state index in [-0.39, 0.29) is 12.1 Å². The highest BCUT2D eigenvalue weighted by atomic mass is 32.1. The molecule has 4 aromatic heterocycles. The van der Waals surface area contributed by atoms with Gasteiger partial charge >= 0.3 is 0 Å². The minimum absolute atomic E-state index is 0.00629. The first kappa shape index (κ1) is 21.3. The molecule has 0 saturated carbocycles. The van der Waals surface area contributed by atoms with Crippen molar-refractivity contribution < 1.29 is 0 Å². The summed E-state index contributed by atoms with van der Waals surface area (Å²) in [6.07, 6.45) is 7.35. The molecule has 33 heavy (non-hydrogen) atoms. The topological polar surface area (TPSA) is 58.9 Å². The van der Waals surface area contributed by atoms with E-state index in [1.165, 1.54) is 22.5 Å². The Morgan fingerprint density at radius 1 is 0.909 bits per heavy atom. The molecule has 6 nitrogen and oxygen atoms in total. The molecule has 0 spiro atoms. The highest BCUT2D eigenvalue weighted by molar-refractivity contribution is 7.80. The Morgan fingerprint density at radius 2 is 1.67 bits per heavy atom. The lowest BCUT2D eigenvalue weighted by Crippen LogP contribution is -2.29. The molecule has 5 rings (SSSR count). The Bertz CT molecular complexity index is 1240. The van der Waals surface area contributed by atoms with Gasteiger partial charge in [-0.2, -0.15) is 0 Å². The number of hydrogen-bond acceptors (Lipinski definition) is 4. The van der Waals surface area contributed by atoms with Crippen LogP contribution in [-0.4, -0.2) is 29.5 Å². The summed E-state index contributed by atoms with van der Waals surface area (Å²) < 4.78 is 2.36. The smallest absolute Gasteiger partial charge is 0.170 e. The van der Waals surface area contributed by atoms with Crippen LogP contribution in [0.25, 0.3) is 0 Å². The van der Waals surface area contributed by atoms with Crippen molar-refractivity contribution in [1.82, 2.24) is 29.7 Å². The maximum Gasteiger partial charge on any atom is 0.170 e. The summed E-state index contributed by atoms with van der Waals surface area (Å²) in [6, 6.07) is 18.4. The lowest BCUT2D eigenvalue weighted by atomic mass is 9.96. The predicted octanol–water partition coefficient (Wildman–Crippen LogP) is 4.51. The van der Waals surface area contributed by atoms with Gasteiger partial charge in [0, 0.05) is 42.7 Å². The fraction of sp³-hybridized carbons (Fsp3) is 0.231. The van der Waals surface area contributed by atoms with Gasteiger partial charge in [-0.05, 0) is 79.7 Å². The number of nitrogens with zero attached hydrogens (tertiary/aromatic N) is 5. The second kappa shape index (κ2) is 9.11. The molecule has 4 aromatic rings. The molecule has 1 N–H and O–H groups in total. The third-order valence-electron chi connectivity index (χ3n) is 6.28. The fourth-order valence-corrected chi connectivity index (χ4v) is 4.93. The first-order valence-electron chi connectivity index (χ1n) is 11.1. The van der Waals surface area contributed by atoms with Gasteiger partial charge in [0.1, 0.15) is 0 Å². The summed E-state index contributed by atoms with van der Waals surface area (Å²) in [4.78, 5) is 15.6. The number of pyridine rings is 3. The molecule has 1 aliphatic heterocycles. The van der Waals surface area contributed by atoms with E-state index in [0.29, 0.717) is 6.54 Å². The van der Waals surface area contributed by atoms with Crippen LogP contribution in [0.2, 0.25) is 0 Å². The van der Waals surface area contributed by atoms with E-state index in [2.05, 4.69) is 67.8 Å². The van der Waals surface area contributed by atoms with Gasteiger partial charge in [-0.1, -0.05) is 12.1 Å². The van der Waals surface area contributed by atoms with Gasteiger partial charge in [-0.25, -0.2) is 0 Å². The fourth-order valence-electron chi connectivity index (χ4n) is 4.62. The van der Waals surface area contributed by atoms with Crippen molar-refractivity contribution >= 4 is 17.3 Å². The zero-order valence-corrected chi connectivity index (χ0v) is 19.5. The molecule has 0 amide bonds. The van der Waals surface area contributed by atoms with Crippen LogP contribution in [0.5, 0.6) is 0 Å². The lowest BCUT2D eigenvalue weighted by Gasteiger charge is -2.28. The number of aryl methyl sites for hydroxylation is 1. The van der Waals surface area contributed by atoms with Crippen LogP contribution in [0.15, 0.2) is 79.4 Å². The number of nitrogens with one attached hydrogen (secondary N) is 1. The Morgan fingerprint density at radius 3 is 2.36 bits per heavy atom. The van der Waals surface area contributed by atoms with E-state index < -0.39 is 0 Å². The molecule has 0 unspecified atom stereocenters. The van der Waals surface area contributed by atoms with Crippen molar-refractivity contribution in [2.24, 2.45) is 0 Å². The molecule has 166 valence electrons. The summed E-state index contributed by atoms with van der Waals surface area (Å²) in [7, 11) is 0. The van der Waals surface area contributed by atoms with Crippen LogP contribution in [0, 0.1) is 13.8 Å². The molecule has 5 heterocycles. The molecule has 0 radical (unpaired) electrons. The number of aromatic nitrogens is 4. The molecule has 1 aliphatic rings. The highest BCUT2D eigenvalue weighted by Gasteiger charge is 2.41. The first-order valence-corrected chi connectivity index (χ1v) is 11.5. The van der Waals surface area contributed by atoms with Crippen molar-refractivity contribution in [2.75, 3.05) is 0 Å². The van der Waals surface area contributed by atoms with Crippen molar-refractivity contribution in [3.8, 4) is 0 Å². The summed E-state index contributed by atoms with van der Waals surface area (Å²) in [5.74, 6) is 0. The monoisotopic (exact) mass is 454 g/mol. The third kappa shape index (κ3) is 4.24. The molecule has 0 aromatic carbocycles. The van der Waals surface area contributed by atoms with Crippen molar-refractivity contribution in [3.63, 3.8) is 0 Å². The van der Waals surface area contributed by atoms with Crippen LogP contribution in [-0.2, 0) is 13.1 Å². The van der Waals surface area contributed by atoms with E-state index >= 15 is 0 Å². The predicted molar refractivity (Wildman–Crippen MR) is 132 cm³/mol. The lowest BCUT2D eigenvalue weighted by molar-refractivity contribution is 0.307. The van der Waals surface area contributed by atoms with E-state index in [4.69, 9.17) is 12.2 Å². The third-order valence-corrected chi connectivity index (χ3v) is 6.63. The van der Waals surface area contributed by atoms with E-state index in [1.807, 2.05) is 55.1 Å². The van der Waals surface area contributed by atoms with Crippen LogP contribution < -0.4 is 5.32 Å². The van der Waals surface area contributed by atoms with Gasteiger partial charge in [0.2, 0.25) is 0 Å². The molecule has 2 atom stereocenters. The van der Waals surface area contributed by atoms with Gasteiger partial charge in [0.15, 0.2) is 5.11 Å². The Hall–Kier alpha value is -3.58. The minimum atomic E-state index is -0.0442. The van der Waals surface area contributed by atoms with Gasteiger partial charge in [-0.3, -0.25) is 15.0 Å². The molecule has 1 saturated heterocycles. The maximum absolute atomic E-state index is 5.83. The summed E-state index contributed by atoms with van der Waals surface area (Å²) in [6.45, 7) is 5.80. The second-order valence-corrected chi connectivity index (χ2v) is 8.73. The zero-order valence-electron chi connectivity index (χ0n) is 18.7. The molecule has 1 fully saturated rings. The van der Waals surface area contributed by atoms with E-state index in [0.717, 1.165) is 23.0 Å². The quantitative estimate of drug-likeness (QED) is 0.433. The van der Waals surface area contributed by atoms with E-state index in [9.17, 15) is 0 Å². The summed E-state index contributed by atoms with van der Waals surface area (Å²) in [5.41, 5.74) is 6.89. The normalized spacial score (nSPS) is 17.9. The van der Waals surface area contributed by atoms with Crippen LogP contribution >= 0.6 is 12.2 Å². The minimum Gasteiger partial charge on any atom is -0.352 e. The average molecular weight is 455 g/mol. The van der Waals surface area contributed by atoms with E-state index in [1.54, 1.807) is 0 Å². The van der Waals surface area contributed by atoms with Crippen LogP contribution in [0.4, 0.5) is 0 Å². The van der Waals surface area contributed by atoms with Crippen LogP contribution in [0.3, 0.4) is 0 Å². The summed E-state index contributed by atoms with van der Waals surface area (Å²) >= 11 is 5.83. The Kier molecular flexibility index (Phi) is 5.88. The standard InChI is InChI=1S/C26H26N6S/c1-18-15-22(19(2)31(18)16-20-9-13-27-14-10-20)25-24(23-8-4-6-12-29-23)30-26(33)32(25)17-21-7-3-5-11-28-21/h3-15,24-25H,16-17H2,1-2H3,(H,30,33)/t24-,25+/m1/s1. The maximum atomic E-state index is 5.83. The van der Waals surface area contributed by atoms with Gasteiger partial charge < -0.3 is 14.8 Å². The number of hydrogen-bond donors (Lipinski definition) is 1. The van der Waals surface area contributed by atoms with Gasteiger partial charge in [-0.15, -0.1) is 0 Å². The molecule has 7 heteroatoms. The number of rotatable bonds is 6. The van der Waals surface area contributed by atoms with Gasteiger partial charge in [0.25, 0.3) is 0 Å². The average Bonchev–Trinajstić information content (AvgIpc) is 3.31. The second-order valence-electron chi connectivity index (χ2n) is 8.34. The first-order chi connectivity index (χ1) is 16.1. The highest BCUT2D eigenvalue weighted by Crippen LogP contribution is 2.41. The zero-order chi connectivity index (χ0) is 22.8. The van der Waals surface area contributed by atoms with Crippen molar-refractivity contribution in [3.05, 3.63) is 113 Å². The van der Waals surface area contributed by atoms with Gasteiger partial charge in [0.05, 0.1) is 30.0 Å². The Balaban J connectivity index is 1.56. The number of thiocarbonyl (C=S) groups is 1. The molecule has 0 bridgehead atoms. The molecular weight excluding hydrogens is 428 g/mol. The SMILES string of the molecule is Cc1cc([C@H]2[C@@H](c3ccccn3)NC(=S)N2Cc2ccccn2)c(C)n1Cc1ccncc1. The largest absolute Gasteiger partial charge is 0.352 e. The van der Waals surface area contributed by atoms with Crippen molar-refractivity contribution in [2.45, 2.75) is 39.0 Å². The molecule has 0 aliphatic carbocycles. The van der Waals surface area contributed by atoms with Crippen LogP contribution in [0.1, 0.15) is 46.0 Å².